The van der Waals surface area contributed by atoms with E-state index in [2.05, 4.69) is 18.0 Å². The van der Waals surface area contributed by atoms with Gasteiger partial charge in [-0.25, -0.2) is 4.98 Å². The molecule has 2 rings (SSSR count). The van der Waals surface area contributed by atoms with E-state index < -0.39 is 0 Å². The summed E-state index contributed by atoms with van der Waals surface area (Å²) in [6.45, 7) is 4.64. The van der Waals surface area contributed by atoms with E-state index >= 15 is 0 Å². The Morgan fingerprint density at radius 2 is 2.00 bits per heavy atom. The minimum atomic E-state index is 0.176. The second-order valence-corrected chi connectivity index (χ2v) is 4.18. The Kier molecular flexibility index (Phi) is 3.59. The third-order valence-electron chi connectivity index (χ3n) is 2.95. The normalized spacial score (nSPS) is 12.6. The van der Waals surface area contributed by atoms with Gasteiger partial charge in [0.05, 0.1) is 6.10 Å². The maximum Gasteiger partial charge on any atom is 0.221 e. The van der Waals surface area contributed by atoms with Crippen LogP contribution >= 0.6 is 0 Å². The zero-order chi connectivity index (χ0) is 12.3. The summed E-state index contributed by atoms with van der Waals surface area (Å²) in [6, 6.07) is 8.09. The number of hydrogen-bond acceptors (Lipinski definition) is 3. The first-order chi connectivity index (χ1) is 8.26. The number of hydrogen-bond donors (Lipinski definition) is 1. The summed E-state index contributed by atoms with van der Waals surface area (Å²) >= 11 is 0. The summed E-state index contributed by atoms with van der Waals surface area (Å²) < 4.78 is 5.82. The molecule has 0 saturated carbocycles. The van der Waals surface area contributed by atoms with E-state index in [1.54, 1.807) is 6.20 Å². The molecule has 0 spiro atoms. The van der Waals surface area contributed by atoms with Crippen LogP contribution in [0.2, 0.25) is 0 Å². The maximum absolute atomic E-state index is 5.82. The second kappa shape index (κ2) is 5.15. The van der Waals surface area contributed by atoms with Crippen LogP contribution in [0.15, 0.2) is 30.5 Å². The van der Waals surface area contributed by atoms with Crippen LogP contribution in [0.4, 0.5) is 0 Å². The fraction of sp³-hybridized carbons (Fsp3) is 0.357. The highest BCUT2D eigenvalue weighted by Crippen LogP contribution is 2.26. The Bertz CT molecular complexity index is 511. The first-order valence-corrected chi connectivity index (χ1v) is 5.99. The molecule has 0 radical (unpaired) electrons. The van der Waals surface area contributed by atoms with Crippen LogP contribution in [-0.2, 0) is 6.54 Å². The molecule has 90 valence electrons. The predicted octanol–water partition coefficient (Wildman–Crippen LogP) is 2.87. The monoisotopic (exact) mass is 230 g/mol. The number of aromatic nitrogens is 1. The highest BCUT2D eigenvalue weighted by molar-refractivity contribution is 5.89. The van der Waals surface area contributed by atoms with E-state index in [-0.39, 0.29) is 6.10 Å². The maximum atomic E-state index is 5.82. The van der Waals surface area contributed by atoms with Crippen molar-refractivity contribution in [1.29, 1.82) is 0 Å². The van der Waals surface area contributed by atoms with Crippen molar-refractivity contribution >= 4 is 10.8 Å². The molecule has 1 unspecified atom stereocenters. The van der Waals surface area contributed by atoms with Crippen molar-refractivity contribution in [3.05, 3.63) is 36.0 Å². The van der Waals surface area contributed by atoms with Crippen molar-refractivity contribution in [2.45, 2.75) is 32.9 Å². The molecular formula is C14H18N2O. The van der Waals surface area contributed by atoms with Crippen molar-refractivity contribution < 1.29 is 4.74 Å². The van der Waals surface area contributed by atoms with E-state index in [0.29, 0.717) is 12.4 Å². The average Bonchev–Trinajstić information content (AvgIpc) is 2.39. The van der Waals surface area contributed by atoms with Gasteiger partial charge in [-0.05, 0) is 30.4 Å². The molecule has 0 saturated heterocycles. The van der Waals surface area contributed by atoms with Gasteiger partial charge in [-0.3, -0.25) is 0 Å². The van der Waals surface area contributed by atoms with Crippen molar-refractivity contribution in [2.24, 2.45) is 5.73 Å². The van der Waals surface area contributed by atoms with Gasteiger partial charge in [0, 0.05) is 18.1 Å². The topological polar surface area (TPSA) is 48.1 Å². The van der Waals surface area contributed by atoms with E-state index in [1.807, 2.05) is 25.1 Å². The largest absolute Gasteiger partial charge is 0.474 e. The molecule has 0 fully saturated rings. The standard InChI is InChI=1S/C14H18N2O/c1-3-10(2)17-14-13-7-5-4-6-12(13)11(8-15)9-16-14/h4-7,9-10H,3,8,15H2,1-2H3. The van der Waals surface area contributed by atoms with Crippen LogP contribution < -0.4 is 10.5 Å². The number of benzene rings is 1. The lowest BCUT2D eigenvalue weighted by Crippen LogP contribution is -2.11. The SMILES string of the molecule is CCC(C)Oc1ncc(CN)c2ccccc12. The van der Waals surface area contributed by atoms with E-state index in [1.165, 1.54) is 0 Å². The van der Waals surface area contributed by atoms with E-state index in [9.17, 15) is 0 Å². The molecule has 0 bridgehead atoms. The second-order valence-electron chi connectivity index (χ2n) is 4.18. The van der Waals surface area contributed by atoms with Gasteiger partial charge in [-0.1, -0.05) is 25.1 Å². The Hall–Kier alpha value is -1.61. The Labute approximate surface area is 102 Å². The number of nitrogens with two attached hydrogens (primary N) is 1. The highest BCUT2D eigenvalue weighted by atomic mass is 16.5. The predicted molar refractivity (Wildman–Crippen MR) is 70.0 cm³/mol. The smallest absolute Gasteiger partial charge is 0.221 e. The van der Waals surface area contributed by atoms with Gasteiger partial charge in [-0.15, -0.1) is 0 Å². The fourth-order valence-corrected chi connectivity index (χ4v) is 1.76. The van der Waals surface area contributed by atoms with Gasteiger partial charge in [-0.2, -0.15) is 0 Å². The molecule has 1 aromatic carbocycles. The summed E-state index contributed by atoms with van der Waals surface area (Å²) in [6.07, 6.45) is 2.95. The molecular weight excluding hydrogens is 212 g/mol. The zero-order valence-electron chi connectivity index (χ0n) is 10.3. The summed E-state index contributed by atoms with van der Waals surface area (Å²) in [5.74, 6) is 0.701. The van der Waals surface area contributed by atoms with Crippen LogP contribution in [0, 0.1) is 0 Å². The molecule has 1 atom stereocenters. The number of ether oxygens (including phenoxy) is 1. The number of rotatable bonds is 4. The molecule has 3 nitrogen and oxygen atoms in total. The summed E-state index contributed by atoms with van der Waals surface area (Å²) in [4.78, 5) is 4.36. The van der Waals surface area contributed by atoms with Crippen LogP contribution in [0.1, 0.15) is 25.8 Å². The van der Waals surface area contributed by atoms with Crippen LogP contribution in [0.3, 0.4) is 0 Å². The molecule has 1 heterocycles. The minimum Gasteiger partial charge on any atom is -0.474 e. The molecule has 17 heavy (non-hydrogen) atoms. The lowest BCUT2D eigenvalue weighted by Gasteiger charge is -2.14. The summed E-state index contributed by atoms with van der Waals surface area (Å²) in [7, 11) is 0. The fourth-order valence-electron chi connectivity index (χ4n) is 1.76. The Balaban J connectivity index is 2.51. The molecule has 0 aliphatic rings. The molecule has 3 heteroatoms. The molecule has 0 aliphatic carbocycles. The Morgan fingerprint density at radius 3 is 2.65 bits per heavy atom. The third-order valence-corrected chi connectivity index (χ3v) is 2.95. The summed E-state index contributed by atoms with van der Waals surface area (Å²) in [5.41, 5.74) is 6.77. The van der Waals surface area contributed by atoms with Crippen LogP contribution in [0.25, 0.3) is 10.8 Å². The van der Waals surface area contributed by atoms with Crippen molar-refractivity contribution in [2.75, 3.05) is 0 Å². The average molecular weight is 230 g/mol. The van der Waals surface area contributed by atoms with Gasteiger partial charge in [0.15, 0.2) is 0 Å². The lowest BCUT2D eigenvalue weighted by atomic mass is 10.1. The molecule has 0 aliphatic heterocycles. The summed E-state index contributed by atoms with van der Waals surface area (Å²) in [5, 5.41) is 2.17. The van der Waals surface area contributed by atoms with Gasteiger partial charge in [0.1, 0.15) is 0 Å². The Morgan fingerprint density at radius 1 is 1.29 bits per heavy atom. The van der Waals surface area contributed by atoms with E-state index in [4.69, 9.17) is 10.5 Å². The zero-order valence-corrected chi connectivity index (χ0v) is 10.3. The molecule has 2 N–H and O–H groups in total. The highest BCUT2D eigenvalue weighted by Gasteiger charge is 2.09. The van der Waals surface area contributed by atoms with Crippen molar-refractivity contribution in [1.82, 2.24) is 4.98 Å². The van der Waals surface area contributed by atoms with Gasteiger partial charge >= 0.3 is 0 Å². The van der Waals surface area contributed by atoms with Gasteiger partial charge in [0.2, 0.25) is 5.88 Å². The van der Waals surface area contributed by atoms with Crippen molar-refractivity contribution in [3.8, 4) is 5.88 Å². The number of fused-ring (bicyclic) bond motifs is 1. The first kappa shape index (κ1) is 11.9. The molecule has 2 aromatic rings. The van der Waals surface area contributed by atoms with Gasteiger partial charge in [0.25, 0.3) is 0 Å². The number of pyridine rings is 1. The third kappa shape index (κ3) is 2.39. The van der Waals surface area contributed by atoms with Crippen LogP contribution in [-0.4, -0.2) is 11.1 Å². The molecule has 1 aromatic heterocycles. The van der Waals surface area contributed by atoms with E-state index in [0.717, 1.165) is 22.8 Å². The van der Waals surface area contributed by atoms with Crippen LogP contribution in [0.5, 0.6) is 5.88 Å². The first-order valence-electron chi connectivity index (χ1n) is 5.99. The minimum absolute atomic E-state index is 0.176. The van der Waals surface area contributed by atoms with Gasteiger partial charge < -0.3 is 10.5 Å². The quantitative estimate of drug-likeness (QED) is 0.878. The molecule has 0 amide bonds. The number of nitrogens with zero attached hydrogens (tertiary/aromatic N) is 1. The van der Waals surface area contributed by atoms with Crippen molar-refractivity contribution in [3.63, 3.8) is 0 Å². The lowest BCUT2D eigenvalue weighted by molar-refractivity contribution is 0.211.